The number of hydrogen-bond acceptors (Lipinski definition) is 5. The number of nitrogens with one attached hydrogen (secondary N) is 2. The molecule has 1 unspecified atom stereocenters. The number of nitrogens with two attached hydrogens (primary N) is 2. The second-order valence-corrected chi connectivity index (χ2v) is 5.76. The summed E-state index contributed by atoms with van der Waals surface area (Å²) in [5.41, 5.74) is 13.5. The zero-order valence-corrected chi connectivity index (χ0v) is 14.3. The van der Waals surface area contributed by atoms with Gasteiger partial charge in [0.15, 0.2) is 11.6 Å². The highest BCUT2D eigenvalue weighted by Crippen LogP contribution is 2.25. The molecule has 7 heteroatoms. The van der Waals surface area contributed by atoms with E-state index in [1.165, 1.54) is 0 Å². The van der Waals surface area contributed by atoms with Crippen LogP contribution < -0.4 is 22.1 Å². The number of benzene rings is 1. The maximum absolute atomic E-state index is 14.2. The molecule has 1 aromatic heterocycles. The highest BCUT2D eigenvalue weighted by molar-refractivity contribution is 5.98. The van der Waals surface area contributed by atoms with Gasteiger partial charge in [-0.1, -0.05) is 18.7 Å². The third kappa shape index (κ3) is 4.33. The average molecular weight is 343 g/mol. The molecule has 0 bridgehead atoms. The van der Waals surface area contributed by atoms with Gasteiger partial charge in [-0.2, -0.15) is 0 Å². The molecule has 0 fully saturated rings. The minimum atomic E-state index is -0.775. The number of anilines is 3. The summed E-state index contributed by atoms with van der Waals surface area (Å²) in [6, 6.07) is 6.47. The van der Waals surface area contributed by atoms with E-state index < -0.39 is 11.7 Å². The second kappa shape index (κ2) is 7.76. The lowest BCUT2D eigenvalue weighted by atomic mass is 10.1. The van der Waals surface area contributed by atoms with Crippen molar-refractivity contribution in [1.82, 2.24) is 4.98 Å². The Morgan fingerprint density at radius 1 is 1.40 bits per heavy atom. The van der Waals surface area contributed by atoms with Crippen molar-refractivity contribution in [3.63, 3.8) is 0 Å². The van der Waals surface area contributed by atoms with Gasteiger partial charge in [-0.15, -0.1) is 0 Å². The molecule has 0 spiro atoms. The molecule has 1 atom stereocenters. The van der Waals surface area contributed by atoms with Crippen LogP contribution in [0.15, 0.2) is 30.8 Å². The van der Waals surface area contributed by atoms with Crippen molar-refractivity contribution >= 4 is 29.3 Å². The van der Waals surface area contributed by atoms with Gasteiger partial charge in [0.1, 0.15) is 5.82 Å². The lowest BCUT2D eigenvalue weighted by Gasteiger charge is -2.16. The number of pyridine rings is 1. The van der Waals surface area contributed by atoms with Gasteiger partial charge >= 0.3 is 0 Å². The van der Waals surface area contributed by atoms with Crippen LogP contribution in [0.1, 0.15) is 28.4 Å². The highest BCUT2D eigenvalue weighted by Gasteiger charge is 2.17. The minimum absolute atomic E-state index is 0.00139. The number of primary amides is 1. The number of carbonyl (C=O) groups excluding carboxylic acids is 1. The summed E-state index contributed by atoms with van der Waals surface area (Å²) in [4.78, 5) is 15.8. The molecule has 6 nitrogen and oxygen atoms in total. The molecule has 0 radical (unpaired) electrons. The molecule has 2 aromatic rings. The molecule has 0 aliphatic heterocycles. The van der Waals surface area contributed by atoms with Gasteiger partial charge in [-0.25, -0.2) is 9.37 Å². The van der Waals surface area contributed by atoms with Gasteiger partial charge in [0.2, 0.25) is 0 Å². The Morgan fingerprint density at radius 2 is 2.12 bits per heavy atom. The van der Waals surface area contributed by atoms with Gasteiger partial charge in [0.25, 0.3) is 5.91 Å². The molecule has 6 N–H and O–H groups in total. The summed E-state index contributed by atoms with van der Waals surface area (Å²) in [7, 11) is 0. The number of rotatable bonds is 7. The van der Waals surface area contributed by atoms with Gasteiger partial charge in [0, 0.05) is 18.3 Å². The fourth-order valence-corrected chi connectivity index (χ4v) is 2.24. The molecule has 0 saturated carbocycles. The number of hydrogen-bond donors (Lipinski definition) is 4. The summed E-state index contributed by atoms with van der Waals surface area (Å²) in [5.74, 6) is -1.28. The van der Waals surface area contributed by atoms with E-state index in [1.54, 1.807) is 13.0 Å². The zero-order valence-electron chi connectivity index (χ0n) is 14.3. The first-order valence-electron chi connectivity index (χ1n) is 7.82. The van der Waals surface area contributed by atoms with E-state index in [0.717, 1.165) is 17.2 Å². The smallest absolute Gasteiger partial charge is 0.252 e. The third-order valence-corrected chi connectivity index (χ3v) is 3.74. The maximum Gasteiger partial charge on any atom is 0.252 e. The van der Waals surface area contributed by atoms with Crippen LogP contribution in [0.2, 0.25) is 0 Å². The maximum atomic E-state index is 14.2. The first-order valence-corrected chi connectivity index (χ1v) is 7.82. The monoisotopic (exact) mass is 343 g/mol. The van der Waals surface area contributed by atoms with E-state index in [4.69, 9.17) is 11.5 Å². The zero-order chi connectivity index (χ0) is 18.6. The number of aromatic nitrogens is 1. The normalized spacial score (nSPS) is 11.7. The number of halogens is 1. The van der Waals surface area contributed by atoms with Crippen LogP contribution in [0.25, 0.3) is 6.08 Å². The Morgan fingerprint density at radius 3 is 2.72 bits per heavy atom. The number of nitrogens with zero attached hydrogens (tertiary/aromatic N) is 1. The largest absolute Gasteiger partial charge is 0.365 e. The lowest BCUT2D eigenvalue weighted by Crippen LogP contribution is -2.26. The van der Waals surface area contributed by atoms with E-state index in [1.807, 2.05) is 25.1 Å². The molecule has 0 aliphatic rings. The molecular formula is C18H22FN5O. The van der Waals surface area contributed by atoms with E-state index in [9.17, 15) is 9.18 Å². The molecule has 0 aliphatic carbocycles. The topological polar surface area (TPSA) is 106 Å². The Kier molecular flexibility index (Phi) is 5.71. The average Bonchev–Trinajstić information content (AvgIpc) is 2.58. The quantitative estimate of drug-likeness (QED) is 0.618. The molecule has 1 aromatic carbocycles. The van der Waals surface area contributed by atoms with Crippen molar-refractivity contribution in [1.29, 1.82) is 0 Å². The molecule has 2 rings (SSSR count). The van der Waals surface area contributed by atoms with E-state index in [2.05, 4.69) is 22.2 Å². The van der Waals surface area contributed by atoms with Crippen molar-refractivity contribution < 1.29 is 9.18 Å². The molecule has 1 heterocycles. The molecule has 1 amide bonds. The van der Waals surface area contributed by atoms with Crippen LogP contribution in [-0.4, -0.2) is 23.5 Å². The molecule has 0 saturated heterocycles. The molecule has 132 valence electrons. The number of aryl methyl sites for hydroxylation is 1. The summed E-state index contributed by atoms with van der Waals surface area (Å²) in [5, 5.41) is 5.88. The molecular weight excluding hydrogens is 321 g/mol. The summed E-state index contributed by atoms with van der Waals surface area (Å²) in [6.07, 6.45) is 1.73. The fourth-order valence-electron chi connectivity index (χ4n) is 2.24. The standard InChI is InChI=1S/C18H22FN5O/c1-4-12-7-13(6-5-10(12)2)23-17-14(16(21)25)8-15(19)18(24-17)22-11(3)9-20/h4-8,11H,1,9,20H2,2-3H3,(H2,21,25)(H2,22,23,24). The highest BCUT2D eigenvalue weighted by atomic mass is 19.1. The minimum Gasteiger partial charge on any atom is -0.365 e. The van der Waals surface area contributed by atoms with Crippen molar-refractivity contribution in [3.05, 3.63) is 53.4 Å². The number of carbonyl (C=O) groups is 1. The van der Waals surface area contributed by atoms with Gasteiger partial charge in [-0.3, -0.25) is 4.79 Å². The Hall–Kier alpha value is -2.93. The Bertz CT molecular complexity index is 806. The second-order valence-electron chi connectivity index (χ2n) is 5.76. The number of amides is 1. The van der Waals surface area contributed by atoms with E-state index in [-0.39, 0.29) is 23.2 Å². The van der Waals surface area contributed by atoms with E-state index >= 15 is 0 Å². The van der Waals surface area contributed by atoms with Crippen molar-refractivity contribution in [2.75, 3.05) is 17.2 Å². The first-order chi connectivity index (χ1) is 11.8. The predicted octanol–water partition coefficient (Wildman–Crippen LogP) is 2.77. The predicted molar refractivity (Wildman–Crippen MR) is 99.4 cm³/mol. The van der Waals surface area contributed by atoms with Crippen LogP contribution >= 0.6 is 0 Å². The summed E-state index contributed by atoms with van der Waals surface area (Å²) in [6.45, 7) is 7.83. The van der Waals surface area contributed by atoms with Crippen LogP contribution in [0.5, 0.6) is 0 Å². The van der Waals surface area contributed by atoms with Crippen molar-refractivity contribution in [2.24, 2.45) is 11.5 Å². The van der Waals surface area contributed by atoms with Crippen LogP contribution in [0, 0.1) is 12.7 Å². The lowest BCUT2D eigenvalue weighted by molar-refractivity contribution is 0.100. The van der Waals surface area contributed by atoms with Crippen LogP contribution in [0.3, 0.4) is 0 Å². The summed E-state index contributed by atoms with van der Waals surface area (Å²) < 4.78 is 14.2. The fraction of sp³-hybridized carbons (Fsp3) is 0.222. The first kappa shape index (κ1) is 18.4. The molecule has 25 heavy (non-hydrogen) atoms. The van der Waals surface area contributed by atoms with Gasteiger partial charge < -0.3 is 22.1 Å². The van der Waals surface area contributed by atoms with Crippen LogP contribution in [-0.2, 0) is 0 Å². The third-order valence-electron chi connectivity index (χ3n) is 3.74. The van der Waals surface area contributed by atoms with Crippen LogP contribution in [0.4, 0.5) is 21.7 Å². The Labute approximate surface area is 146 Å². The van der Waals surface area contributed by atoms with Gasteiger partial charge in [0.05, 0.1) is 5.56 Å². The van der Waals surface area contributed by atoms with Gasteiger partial charge in [-0.05, 0) is 43.2 Å². The van der Waals surface area contributed by atoms with Crippen molar-refractivity contribution in [2.45, 2.75) is 19.9 Å². The summed E-state index contributed by atoms with van der Waals surface area (Å²) >= 11 is 0. The Balaban J connectivity index is 2.45. The van der Waals surface area contributed by atoms with Crippen molar-refractivity contribution in [3.8, 4) is 0 Å². The van der Waals surface area contributed by atoms with E-state index in [0.29, 0.717) is 12.2 Å². The SMILES string of the molecule is C=Cc1cc(Nc2nc(NC(C)CN)c(F)cc2C(N)=O)ccc1C.